The topological polar surface area (TPSA) is 90.1 Å². The minimum Gasteiger partial charge on any atom is -0.350 e. The zero-order chi connectivity index (χ0) is 14.5. The van der Waals surface area contributed by atoms with Gasteiger partial charge in [-0.1, -0.05) is 0 Å². The van der Waals surface area contributed by atoms with E-state index in [9.17, 15) is 19.3 Å². The van der Waals surface area contributed by atoms with Crippen LogP contribution in [0, 0.1) is 15.9 Å². The van der Waals surface area contributed by atoms with Crippen LogP contribution < -0.4 is 5.32 Å². The molecule has 1 aromatic heterocycles. The van der Waals surface area contributed by atoms with Crippen LogP contribution in [0.3, 0.4) is 0 Å². The highest BCUT2D eigenvalue weighted by Gasteiger charge is 2.16. The van der Waals surface area contributed by atoms with Gasteiger partial charge in [-0.2, -0.15) is 0 Å². The first-order valence-corrected chi connectivity index (χ1v) is 5.76. The molecule has 0 bridgehead atoms. The third kappa shape index (κ3) is 3.16. The van der Waals surface area contributed by atoms with Crippen molar-refractivity contribution in [3.8, 4) is 0 Å². The Labute approximate surface area is 113 Å². The lowest BCUT2D eigenvalue weighted by molar-refractivity contribution is -0.384. The molecular weight excluding hydrogens is 267 g/mol. The van der Waals surface area contributed by atoms with Crippen molar-refractivity contribution >= 4 is 11.6 Å². The second-order valence-electron chi connectivity index (χ2n) is 3.98. The summed E-state index contributed by atoms with van der Waals surface area (Å²) in [6.45, 7) is 0.736. The first-order chi connectivity index (χ1) is 9.58. The smallest absolute Gasteiger partial charge is 0.270 e. The number of aromatic nitrogens is 2. The Bertz CT molecular complexity index is 628. The molecule has 0 atom stereocenters. The average Bonchev–Trinajstić information content (AvgIpc) is 2.92. The van der Waals surface area contributed by atoms with E-state index in [-0.39, 0.29) is 17.8 Å². The van der Waals surface area contributed by atoms with Gasteiger partial charge in [0, 0.05) is 37.6 Å². The van der Waals surface area contributed by atoms with E-state index in [4.69, 9.17) is 0 Å². The Morgan fingerprint density at radius 2 is 2.30 bits per heavy atom. The number of non-ortho nitro benzene ring substituents is 1. The van der Waals surface area contributed by atoms with E-state index in [2.05, 4.69) is 10.3 Å². The van der Waals surface area contributed by atoms with Crippen molar-refractivity contribution in [2.75, 3.05) is 6.54 Å². The number of imidazole rings is 1. The van der Waals surface area contributed by atoms with Crippen LogP contribution in [0.4, 0.5) is 10.1 Å². The predicted molar refractivity (Wildman–Crippen MR) is 67.6 cm³/mol. The van der Waals surface area contributed by atoms with E-state index in [1.807, 2.05) is 0 Å². The lowest BCUT2D eigenvalue weighted by Gasteiger charge is -2.06. The number of amides is 1. The number of nitrogens with one attached hydrogen (secondary N) is 1. The minimum absolute atomic E-state index is 0.261. The Balaban J connectivity index is 2.01. The van der Waals surface area contributed by atoms with Gasteiger partial charge in [0.1, 0.15) is 5.82 Å². The molecule has 0 saturated carbocycles. The van der Waals surface area contributed by atoms with Crippen molar-refractivity contribution in [3.63, 3.8) is 0 Å². The molecule has 104 valence electrons. The summed E-state index contributed by atoms with van der Waals surface area (Å²) in [4.78, 5) is 25.5. The van der Waals surface area contributed by atoms with Gasteiger partial charge in [0.05, 0.1) is 16.8 Å². The summed E-state index contributed by atoms with van der Waals surface area (Å²) < 4.78 is 15.2. The standard InChI is InChI=1S/C12H11FN4O3/c13-11-2-1-9(17(19)20)7-10(11)12(18)15-4-6-16-5-3-14-8-16/h1-3,5,7-8H,4,6H2,(H,15,18). The second kappa shape index (κ2) is 5.91. The van der Waals surface area contributed by atoms with Crippen LogP contribution in [-0.4, -0.2) is 26.9 Å². The molecule has 1 heterocycles. The van der Waals surface area contributed by atoms with Crippen LogP contribution in [0.1, 0.15) is 10.4 Å². The van der Waals surface area contributed by atoms with Gasteiger partial charge < -0.3 is 9.88 Å². The highest BCUT2D eigenvalue weighted by Crippen LogP contribution is 2.16. The SMILES string of the molecule is O=C(NCCn1ccnc1)c1cc([N+](=O)[O-])ccc1F. The van der Waals surface area contributed by atoms with Crippen molar-refractivity contribution in [1.29, 1.82) is 0 Å². The van der Waals surface area contributed by atoms with Gasteiger partial charge in [-0.3, -0.25) is 14.9 Å². The number of hydrogen-bond acceptors (Lipinski definition) is 4. The van der Waals surface area contributed by atoms with Crippen LogP contribution in [-0.2, 0) is 6.54 Å². The molecule has 1 N–H and O–H groups in total. The molecule has 0 spiro atoms. The van der Waals surface area contributed by atoms with E-state index < -0.39 is 16.6 Å². The van der Waals surface area contributed by atoms with Gasteiger partial charge in [-0.05, 0) is 6.07 Å². The van der Waals surface area contributed by atoms with Crippen molar-refractivity contribution in [1.82, 2.24) is 14.9 Å². The minimum atomic E-state index is -0.796. The highest BCUT2D eigenvalue weighted by molar-refractivity contribution is 5.95. The molecular formula is C12H11FN4O3. The lowest BCUT2D eigenvalue weighted by atomic mass is 10.1. The van der Waals surface area contributed by atoms with Crippen LogP contribution in [0.5, 0.6) is 0 Å². The average molecular weight is 278 g/mol. The first-order valence-electron chi connectivity index (χ1n) is 5.76. The summed E-state index contributed by atoms with van der Waals surface area (Å²) in [6.07, 6.45) is 4.91. The maximum atomic E-state index is 13.5. The fourth-order valence-corrected chi connectivity index (χ4v) is 1.61. The van der Waals surface area contributed by atoms with Gasteiger partial charge in [0.25, 0.3) is 11.6 Å². The van der Waals surface area contributed by atoms with Crippen LogP contribution in [0.25, 0.3) is 0 Å². The second-order valence-corrected chi connectivity index (χ2v) is 3.98. The number of nitro groups is 1. The molecule has 1 amide bonds. The maximum absolute atomic E-state index is 13.5. The molecule has 7 nitrogen and oxygen atoms in total. The fraction of sp³-hybridized carbons (Fsp3) is 0.167. The fourth-order valence-electron chi connectivity index (χ4n) is 1.61. The monoisotopic (exact) mass is 278 g/mol. The van der Waals surface area contributed by atoms with Gasteiger partial charge in [-0.25, -0.2) is 9.37 Å². The number of carbonyl (C=O) groups is 1. The van der Waals surface area contributed by atoms with Crippen LogP contribution in [0.15, 0.2) is 36.9 Å². The van der Waals surface area contributed by atoms with Crippen molar-refractivity contribution in [2.24, 2.45) is 0 Å². The Morgan fingerprint density at radius 1 is 1.50 bits per heavy atom. The van der Waals surface area contributed by atoms with Gasteiger partial charge in [0.15, 0.2) is 0 Å². The first kappa shape index (κ1) is 13.7. The Morgan fingerprint density at radius 3 is 2.95 bits per heavy atom. The number of halogens is 1. The predicted octanol–water partition coefficient (Wildman–Crippen LogP) is 1.36. The molecule has 0 fully saturated rings. The lowest BCUT2D eigenvalue weighted by Crippen LogP contribution is -2.27. The van der Waals surface area contributed by atoms with Gasteiger partial charge >= 0.3 is 0 Å². The molecule has 8 heteroatoms. The molecule has 0 aliphatic rings. The molecule has 2 rings (SSSR count). The van der Waals surface area contributed by atoms with E-state index >= 15 is 0 Å². The Kier molecular flexibility index (Phi) is 4.04. The van der Waals surface area contributed by atoms with Crippen LogP contribution in [0.2, 0.25) is 0 Å². The molecule has 1 aromatic carbocycles. The van der Waals surface area contributed by atoms with E-state index in [1.165, 1.54) is 0 Å². The van der Waals surface area contributed by atoms with Crippen molar-refractivity contribution in [2.45, 2.75) is 6.54 Å². The number of rotatable bonds is 5. The summed E-state index contributed by atoms with van der Waals surface area (Å²) in [5.74, 6) is -1.48. The third-order valence-corrected chi connectivity index (χ3v) is 2.62. The summed E-state index contributed by atoms with van der Waals surface area (Å²) in [6, 6.07) is 2.84. The molecule has 0 saturated heterocycles. The van der Waals surface area contributed by atoms with Gasteiger partial charge in [0.2, 0.25) is 0 Å². The maximum Gasteiger partial charge on any atom is 0.270 e. The summed E-state index contributed by atoms with van der Waals surface area (Å²) in [7, 11) is 0. The summed E-state index contributed by atoms with van der Waals surface area (Å²) in [5.41, 5.74) is -0.670. The largest absolute Gasteiger partial charge is 0.350 e. The number of nitrogens with zero attached hydrogens (tertiary/aromatic N) is 3. The van der Waals surface area contributed by atoms with Gasteiger partial charge in [-0.15, -0.1) is 0 Å². The molecule has 0 aliphatic carbocycles. The van der Waals surface area contributed by atoms with E-state index in [0.29, 0.717) is 6.54 Å². The molecule has 20 heavy (non-hydrogen) atoms. The number of hydrogen-bond donors (Lipinski definition) is 1. The number of carbonyl (C=O) groups excluding carboxylic acids is 1. The Hall–Kier alpha value is -2.77. The zero-order valence-electron chi connectivity index (χ0n) is 10.3. The van der Waals surface area contributed by atoms with Crippen LogP contribution >= 0.6 is 0 Å². The number of benzene rings is 1. The van der Waals surface area contributed by atoms with Crippen molar-refractivity contribution < 1.29 is 14.1 Å². The highest BCUT2D eigenvalue weighted by atomic mass is 19.1. The number of nitro benzene ring substituents is 1. The van der Waals surface area contributed by atoms with E-state index in [0.717, 1.165) is 18.2 Å². The molecule has 2 aromatic rings. The quantitative estimate of drug-likeness (QED) is 0.660. The third-order valence-electron chi connectivity index (χ3n) is 2.62. The molecule has 0 unspecified atom stereocenters. The zero-order valence-corrected chi connectivity index (χ0v) is 10.3. The molecule has 0 aliphatic heterocycles. The summed E-state index contributed by atoms with van der Waals surface area (Å²) >= 11 is 0. The summed E-state index contributed by atoms with van der Waals surface area (Å²) in [5, 5.41) is 13.1. The van der Waals surface area contributed by atoms with Crippen molar-refractivity contribution in [3.05, 3.63) is 58.4 Å². The normalized spacial score (nSPS) is 10.2. The molecule has 0 radical (unpaired) electrons. The van der Waals surface area contributed by atoms with E-state index in [1.54, 1.807) is 23.3 Å².